The van der Waals surface area contributed by atoms with Crippen LogP contribution < -0.4 is 0 Å². The molecule has 2 rings (SSSR count). The minimum absolute atomic E-state index is 0.0158. The first-order valence-corrected chi connectivity index (χ1v) is 10.7. The van der Waals surface area contributed by atoms with Crippen molar-refractivity contribution in [2.24, 2.45) is 5.92 Å². The molecule has 0 radical (unpaired) electrons. The van der Waals surface area contributed by atoms with Crippen LogP contribution in [0.25, 0.3) is 0 Å². The summed E-state index contributed by atoms with van der Waals surface area (Å²) in [6.45, 7) is 7.84. The fourth-order valence-corrected chi connectivity index (χ4v) is 3.61. The van der Waals surface area contributed by atoms with Crippen molar-refractivity contribution < 1.29 is 24.5 Å². The van der Waals surface area contributed by atoms with Crippen molar-refractivity contribution in [3.8, 4) is 11.8 Å². The molecule has 1 aliphatic carbocycles. The third-order valence-corrected chi connectivity index (χ3v) is 5.32. The molecule has 0 bridgehead atoms. The smallest absolute Gasteiger partial charge is 0.344 e. The maximum Gasteiger partial charge on any atom is 0.344 e. The number of rotatable bonds is 7. The van der Waals surface area contributed by atoms with Gasteiger partial charge in [-0.3, -0.25) is 9.69 Å². The molecular weight excluding hydrogens is 382 g/mol. The van der Waals surface area contributed by atoms with Gasteiger partial charge in [-0.1, -0.05) is 75.3 Å². The van der Waals surface area contributed by atoms with Crippen molar-refractivity contribution >= 4 is 11.9 Å². The molecule has 0 spiro atoms. The van der Waals surface area contributed by atoms with E-state index in [1.807, 2.05) is 30.3 Å². The molecule has 0 amide bonds. The maximum absolute atomic E-state index is 12.8. The number of hydrogen-bond donors (Lipinski definition) is 2. The highest BCUT2D eigenvalue weighted by Crippen LogP contribution is 2.40. The molecule has 6 nitrogen and oxygen atoms in total. The summed E-state index contributed by atoms with van der Waals surface area (Å²) in [7, 11) is 0. The van der Waals surface area contributed by atoms with E-state index in [1.165, 1.54) is 0 Å². The molecule has 166 valence electrons. The van der Waals surface area contributed by atoms with Crippen LogP contribution in [0.15, 0.2) is 30.3 Å². The molecule has 1 saturated carbocycles. The number of carbonyl (C=O) groups is 2. The molecule has 0 aromatic heterocycles. The summed E-state index contributed by atoms with van der Waals surface area (Å²) < 4.78 is 5.38. The van der Waals surface area contributed by atoms with Gasteiger partial charge in [0.05, 0.1) is 6.54 Å². The van der Waals surface area contributed by atoms with Gasteiger partial charge in [0.1, 0.15) is 0 Å². The fraction of sp³-hybridized carbons (Fsp3) is 0.583. The van der Waals surface area contributed by atoms with Gasteiger partial charge in [-0.2, -0.15) is 0 Å². The standard InChI is InChI=1S/C22H31NO3.C2H4O2/c1-3-23(4-2)17-11-12-18-26-21(24)22(25,19-13-7-5-8-14-19)20-15-9-6-10-16-20;1-2(3)4/h5,7-8,13-14,20,25H,3-4,6,9-10,15-18H2,1-2H3;1H3,(H,3,4). The third-order valence-electron chi connectivity index (χ3n) is 5.32. The minimum atomic E-state index is -1.58. The number of ether oxygens (including phenoxy) is 1. The zero-order valence-electron chi connectivity index (χ0n) is 18.4. The number of esters is 1. The summed E-state index contributed by atoms with van der Waals surface area (Å²) in [5.41, 5.74) is -0.963. The van der Waals surface area contributed by atoms with Crippen LogP contribution in [-0.2, 0) is 19.9 Å². The zero-order chi connectivity index (χ0) is 22.4. The predicted octanol–water partition coefficient (Wildman–Crippen LogP) is 3.43. The van der Waals surface area contributed by atoms with E-state index in [0.717, 1.165) is 52.1 Å². The van der Waals surface area contributed by atoms with E-state index >= 15 is 0 Å². The van der Waals surface area contributed by atoms with Crippen molar-refractivity contribution in [1.82, 2.24) is 4.90 Å². The van der Waals surface area contributed by atoms with E-state index in [1.54, 1.807) is 0 Å². The molecule has 0 aliphatic heterocycles. The van der Waals surface area contributed by atoms with Gasteiger partial charge in [0.2, 0.25) is 0 Å². The quantitative estimate of drug-likeness (QED) is 0.522. The number of carboxylic acids is 1. The van der Waals surface area contributed by atoms with Crippen LogP contribution in [0.3, 0.4) is 0 Å². The Kier molecular flexibility index (Phi) is 11.8. The predicted molar refractivity (Wildman–Crippen MR) is 117 cm³/mol. The summed E-state index contributed by atoms with van der Waals surface area (Å²) in [4.78, 5) is 24.0. The molecule has 0 heterocycles. The number of carboxylic acid groups (broad SMARTS) is 1. The van der Waals surface area contributed by atoms with Crippen LogP contribution in [0, 0.1) is 17.8 Å². The van der Waals surface area contributed by atoms with Crippen LogP contribution in [0.2, 0.25) is 0 Å². The SMILES string of the molecule is CC(=O)O.CCN(CC)CC#CCOC(=O)C(O)(c1ccccc1)C1CCCCC1. The lowest BCUT2D eigenvalue weighted by molar-refractivity contribution is -0.174. The van der Waals surface area contributed by atoms with Gasteiger partial charge in [-0.25, -0.2) is 4.79 Å². The topological polar surface area (TPSA) is 87.1 Å². The largest absolute Gasteiger partial charge is 0.481 e. The number of benzene rings is 1. The van der Waals surface area contributed by atoms with E-state index < -0.39 is 17.5 Å². The van der Waals surface area contributed by atoms with Crippen molar-refractivity contribution in [3.63, 3.8) is 0 Å². The zero-order valence-corrected chi connectivity index (χ0v) is 18.4. The lowest BCUT2D eigenvalue weighted by atomic mass is 9.73. The second-order valence-electron chi connectivity index (χ2n) is 7.38. The highest BCUT2D eigenvalue weighted by molar-refractivity contribution is 5.81. The number of carbonyl (C=O) groups excluding carboxylic acids is 1. The normalized spacial score (nSPS) is 15.8. The van der Waals surface area contributed by atoms with Gasteiger partial charge < -0.3 is 14.9 Å². The van der Waals surface area contributed by atoms with Crippen LogP contribution in [0.4, 0.5) is 0 Å². The van der Waals surface area contributed by atoms with Crippen molar-refractivity contribution in [3.05, 3.63) is 35.9 Å². The molecule has 1 fully saturated rings. The summed E-state index contributed by atoms with van der Waals surface area (Å²) in [6, 6.07) is 9.19. The second kappa shape index (κ2) is 13.8. The first-order chi connectivity index (χ1) is 14.4. The monoisotopic (exact) mass is 417 g/mol. The Morgan fingerprint density at radius 2 is 1.67 bits per heavy atom. The van der Waals surface area contributed by atoms with E-state index in [0.29, 0.717) is 12.1 Å². The summed E-state index contributed by atoms with van der Waals surface area (Å²) in [5, 5.41) is 18.8. The van der Waals surface area contributed by atoms with Crippen LogP contribution in [-0.4, -0.2) is 53.3 Å². The van der Waals surface area contributed by atoms with Crippen LogP contribution in [0.1, 0.15) is 58.4 Å². The van der Waals surface area contributed by atoms with Crippen molar-refractivity contribution in [2.75, 3.05) is 26.2 Å². The van der Waals surface area contributed by atoms with Gasteiger partial charge in [0, 0.05) is 12.8 Å². The van der Waals surface area contributed by atoms with Crippen LogP contribution in [0.5, 0.6) is 0 Å². The van der Waals surface area contributed by atoms with Gasteiger partial charge in [-0.15, -0.1) is 0 Å². The Morgan fingerprint density at radius 1 is 1.10 bits per heavy atom. The summed E-state index contributed by atoms with van der Waals surface area (Å²) in [5.74, 6) is 4.42. The van der Waals surface area contributed by atoms with E-state index in [-0.39, 0.29) is 12.5 Å². The number of nitrogens with zero attached hydrogens (tertiary/aromatic N) is 1. The average Bonchev–Trinajstić information content (AvgIpc) is 2.76. The lowest BCUT2D eigenvalue weighted by Crippen LogP contribution is -2.45. The molecule has 1 aromatic rings. The number of aliphatic hydroxyl groups is 1. The average molecular weight is 418 g/mol. The molecule has 6 heteroatoms. The number of aliphatic carboxylic acids is 1. The first-order valence-electron chi connectivity index (χ1n) is 10.7. The Labute approximate surface area is 180 Å². The van der Waals surface area contributed by atoms with E-state index in [9.17, 15) is 9.90 Å². The van der Waals surface area contributed by atoms with Gasteiger partial charge in [0.15, 0.2) is 12.2 Å². The first kappa shape index (κ1) is 25.7. The molecule has 1 aromatic carbocycles. The molecule has 1 unspecified atom stereocenters. The van der Waals surface area contributed by atoms with E-state index in [4.69, 9.17) is 14.6 Å². The molecule has 1 atom stereocenters. The molecule has 2 N–H and O–H groups in total. The van der Waals surface area contributed by atoms with Crippen molar-refractivity contribution in [2.45, 2.75) is 58.5 Å². The van der Waals surface area contributed by atoms with Gasteiger partial charge in [-0.05, 0) is 31.5 Å². The van der Waals surface area contributed by atoms with Crippen molar-refractivity contribution in [1.29, 1.82) is 0 Å². The maximum atomic E-state index is 12.8. The Bertz CT molecular complexity index is 695. The lowest BCUT2D eigenvalue weighted by Gasteiger charge is -2.36. The van der Waals surface area contributed by atoms with E-state index in [2.05, 4.69) is 30.6 Å². The second-order valence-corrected chi connectivity index (χ2v) is 7.38. The molecular formula is C24H35NO5. The highest BCUT2D eigenvalue weighted by Gasteiger charge is 2.46. The van der Waals surface area contributed by atoms with Gasteiger partial charge in [0.25, 0.3) is 5.97 Å². The van der Waals surface area contributed by atoms with Gasteiger partial charge >= 0.3 is 5.97 Å². The molecule has 1 aliphatic rings. The summed E-state index contributed by atoms with van der Waals surface area (Å²) in [6.07, 6.45) is 4.92. The van der Waals surface area contributed by atoms with Crippen LogP contribution >= 0.6 is 0 Å². The molecule has 30 heavy (non-hydrogen) atoms. The Hall–Kier alpha value is -2.36. The number of hydrogen-bond acceptors (Lipinski definition) is 5. The minimum Gasteiger partial charge on any atom is -0.481 e. The highest BCUT2D eigenvalue weighted by atomic mass is 16.5. The molecule has 0 saturated heterocycles. The Balaban J connectivity index is 0.00000103. The third kappa shape index (κ3) is 8.17. The Morgan fingerprint density at radius 3 is 2.20 bits per heavy atom. The summed E-state index contributed by atoms with van der Waals surface area (Å²) >= 11 is 0. The fourth-order valence-electron chi connectivity index (χ4n) is 3.61.